The predicted octanol–water partition coefficient (Wildman–Crippen LogP) is 5.25. The van der Waals surface area contributed by atoms with E-state index in [-0.39, 0.29) is 22.7 Å². The molecule has 1 atom stereocenters. The number of urea groups is 1. The summed E-state index contributed by atoms with van der Waals surface area (Å²) in [4.78, 5) is 30.1. The third kappa shape index (κ3) is 3.72. The van der Waals surface area contributed by atoms with E-state index in [1.165, 1.54) is 18.2 Å². The van der Waals surface area contributed by atoms with Gasteiger partial charge in [-0.25, -0.2) is 9.18 Å². The van der Waals surface area contributed by atoms with Crippen molar-refractivity contribution in [3.63, 3.8) is 0 Å². The van der Waals surface area contributed by atoms with Crippen molar-refractivity contribution >= 4 is 34.1 Å². The first-order valence-corrected chi connectivity index (χ1v) is 9.96. The van der Waals surface area contributed by atoms with Crippen molar-refractivity contribution < 1.29 is 9.18 Å². The van der Waals surface area contributed by atoms with Crippen molar-refractivity contribution in [1.82, 2.24) is 9.88 Å². The summed E-state index contributed by atoms with van der Waals surface area (Å²) in [7, 11) is 1.74. The Bertz CT molecular complexity index is 1140. The number of aryl methyl sites for hydroxylation is 1. The fraction of sp³-hybridized carbons (Fsp3) is 0.273. The van der Waals surface area contributed by atoms with Crippen LogP contribution in [0.15, 0.2) is 47.3 Å². The Morgan fingerprint density at radius 1 is 1.21 bits per heavy atom. The van der Waals surface area contributed by atoms with Crippen molar-refractivity contribution in [3.05, 3.63) is 74.9 Å². The van der Waals surface area contributed by atoms with E-state index in [1.807, 2.05) is 18.2 Å². The Labute approximate surface area is 172 Å². The van der Waals surface area contributed by atoms with Crippen LogP contribution in [0.5, 0.6) is 0 Å². The monoisotopic (exact) mass is 413 g/mol. The number of benzene rings is 2. The van der Waals surface area contributed by atoms with Crippen LogP contribution in [0.3, 0.4) is 0 Å². The highest BCUT2D eigenvalue weighted by Crippen LogP contribution is 2.36. The van der Waals surface area contributed by atoms with Gasteiger partial charge in [0.15, 0.2) is 0 Å². The molecule has 0 saturated carbocycles. The summed E-state index contributed by atoms with van der Waals surface area (Å²) in [5.41, 5.74) is 2.20. The minimum atomic E-state index is -0.536. The molecule has 1 aliphatic carbocycles. The van der Waals surface area contributed by atoms with Gasteiger partial charge < -0.3 is 15.2 Å². The van der Waals surface area contributed by atoms with Crippen molar-refractivity contribution in [3.8, 4) is 0 Å². The van der Waals surface area contributed by atoms with Crippen molar-refractivity contribution in [2.24, 2.45) is 0 Å². The van der Waals surface area contributed by atoms with E-state index in [0.29, 0.717) is 11.1 Å². The Morgan fingerprint density at radius 2 is 1.97 bits per heavy atom. The molecule has 2 aromatic carbocycles. The number of hydrogen-bond acceptors (Lipinski definition) is 2. The Balaban J connectivity index is 1.71. The smallest absolute Gasteiger partial charge is 0.322 e. The average molecular weight is 414 g/mol. The lowest BCUT2D eigenvalue weighted by Gasteiger charge is -2.30. The van der Waals surface area contributed by atoms with E-state index in [9.17, 15) is 14.0 Å². The van der Waals surface area contributed by atoms with Gasteiger partial charge >= 0.3 is 6.03 Å². The van der Waals surface area contributed by atoms with Crippen LogP contribution < -0.4 is 10.9 Å². The fourth-order valence-electron chi connectivity index (χ4n) is 4.03. The standard InChI is InChI=1S/C22H21ClFN3O2/c1-27(22(29)25-13-10-11-17(24)16(23)12-13)19-9-5-4-8-18-20(19)14-6-2-3-7-15(14)21(28)26-18/h2-3,6-7,10-12,19H,4-5,8-9H2,1H3,(H,25,29)(H,26,28)/t19-/m0/s1. The Morgan fingerprint density at radius 3 is 2.72 bits per heavy atom. The summed E-state index contributed by atoms with van der Waals surface area (Å²) < 4.78 is 13.4. The molecule has 0 saturated heterocycles. The number of H-pyrrole nitrogens is 1. The molecule has 1 aliphatic rings. The molecule has 0 unspecified atom stereocenters. The Hall–Kier alpha value is -2.86. The van der Waals surface area contributed by atoms with Crippen LogP contribution >= 0.6 is 11.6 Å². The lowest BCUT2D eigenvalue weighted by Crippen LogP contribution is -2.35. The van der Waals surface area contributed by atoms with Crippen molar-refractivity contribution in [1.29, 1.82) is 0 Å². The number of aromatic amines is 1. The molecule has 0 aliphatic heterocycles. The fourth-order valence-corrected chi connectivity index (χ4v) is 4.21. The van der Waals surface area contributed by atoms with Gasteiger partial charge in [-0.3, -0.25) is 4.79 Å². The second kappa shape index (κ2) is 7.87. The van der Waals surface area contributed by atoms with Gasteiger partial charge in [0.2, 0.25) is 0 Å². The molecule has 1 aromatic heterocycles. The quantitative estimate of drug-likeness (QED) is 0.563. The van der Waals surface area contributed by atoms with E-state index in [4.69, 9.17) is 11.6 Å². The second-order valence-corrected chi connectivity index (χ2v) is 7.73. The molecule has 0 spiro atoms. The van der Waals surface area contributed by atoms with E-state index in [1.54, 1.807) is 18.0 Å². The number of carbonyl (C=O) groups excluding carboxylic acids is 1. The Kier molecular flexibility index (Phi) is 5.28. The first-order chi connectivity index (χ1) is 14.0. The molecule has 2 amide bonds. The van der Waals surface area contributed by atoms with E-state index >= 15 is 0 Å². The number of amides is 2. The first kappa shape index (κ1) is 19.5. The number of rotatable bonds is 2. The van der Waals surface area contributed by atoms with E-state index < -0.39 is 5.82 Å². The van der Waals surface area contributed by atoms with E-state index in [0.717, 1.165) is 42.3 Å². The summed E-state index contributed by atoms with van der Waals surface area (Å²) in [6.07, 6.45) is 3.45. The number of nitrogens with one attached hydrogen (secondary N) is 2. The second-order valence-electron chi connectivity index (χ2n) is 7.32. The van der Waals surface area contributed by atoms with Gasteiger partial charge in [-0.15, -0.1) is 0 Å². The SMILES string of the molecule is CN(C(=O)Nc1ccc(F)c(Cl)c1)[C@H]1CCCCc2[nH]c(=O)c3ccccc3c21. The predicted molar refractivity (Wildman–Crippen MR) is 113 cm³/mol. The molecule has 0 radical (unpaired) electrons. The van der Waals surface area contributed by atoms with Gasteiger partial charge in [-0.1, -0.05) is 36.2 Å². The molecule has 0 bridgehead atoms. The molecular weight excluding hydrogens is 393 g/mol. The van der Waals surface area contributed by atoms with Crippen LogP contribution in [0.25, 0.3) is 10.8 Å². The number of halogens is 2. The number of fused-ring (bicyclic) bond motifs is 3. The van der Waals surface area contributed by atoms with Crippen molar-refractivity contribution in [2.45, 2.75) is 31.7 Å². The van der Waals surface area contributed by atoms with Gasteiger partial charge in [0.05, 0.1) is 11.1 Å². The van der Waals surface area contributed by atoms with Gasteiger partial charge in [-0.05, 0) is 48.9 Å². The molecule has 4 rings (SSSR count). The summed E-state index contributed by atoms with van der Waals surface area (Å²) in [5.74, 6) is -0.536. The third-order valence-electron chi connectivity index (χ3n) is 5.50. The van der Waals surface area contributed by atoms with Gasteiger partial charge in [0.25, 0.3) is 5.56 Å². The van der Waals surface area contributed by atoms with Crippen LogP contribution in [-0.4, -0.2) is 23.0 Å². The minimum absolute atomic E-state index is 0.0474. The van der Waals surface area contributed by atoms with Gasteiger partial charge in [-0.2, -0.15) is 0 Å². The number of nitrogens with zero attached hydrogens (tertiary/aromatic N) is 1. The molecule has 7 heteroatoms. The average Bonchev–Trinajstić information content (AvgIpc) is 2.93. The molecule has 2 N–H and O–H groups in total. The number of pyridine rings is 1. The zero-order valence-corrected chi connectivity index (χ0v) is 16.7. The zero-order chi connectivity index (χ0) is 20.5. The number of hydrogen-bond donors (Lipinski definition) is 2. The molecule has 29 heavy (non-hydrogen) atoms. The molecule has 150 valence electrons. The number of anilines is 1. The molecular formula is C22H21ClFN3O2. The topological polar surface area (TPSA) is 65.2 Å². The number of aromatic nitrogens is 1. The summed E-state index contributed by atoms with van der Waals surface area (Å²) in [6.45, 7) is 0. The highest BCUT2D eigenvalue weighted by Gasteiger charge is 2.28. The van der Waals surface area contributed by atoms with Crippen LogP contribution in [0, 0.1) is 5.82 Å². The molecule has 5 nitrogen and oxygen atoms in total. The van der Waals surface area contributed by atoms with Gasteiger partial charge in [0.1, 0.15) is 5.82 Å². The highest BCUT2D eigenvalue weighted by atomic mass is 35.5. The first-order valence-electron chi connectivity index (χ1n) is 9.58. The summed E-state index contributed by atoms with van der Waals surface area (Å²) >= 11 is 5.82. The van der Waals surface area contributed by atoms with Crippen LogP contribution in [-0.2, 0) is 6.42 Å². The lowest BCUT2D eigenvalue weighted by molar-refractivity contribution is 0.201. The maximum Gasteiger partial charge on any atom is 0.322 e. The molecule has 3 aromatic rings. The highest BCUT2D eigenvalue weighted by molar-refractivity contribution is 6.31. The third-order valence-corrected chi connectivity index (χ3v) is 5.79. The number of carbonyl (C=O) groups is 1. The molecule has 0 fully saturated rings. The lowest BCUT2D eigenvalue weighted by atomic mass is 9.95. The summed E-state index contributed by atoms with van der Waals surface area (Å²) in [5, 5.41) is 4.23. The van der Waals surface area contributed by atoms with Gasteiger partial charge in [0, 0.05) is 29.4 Å². The minimum Gasteiger partial charge on any atom is -0.325 e. The maximum absolute atomic E-state index is 13.4. The zero-order valence-electron chi connectivity index (χ0n) is 16.0. The van der Waals surface area contributed by atoms with E-state index in [2.05, 4.69) is 10.3 Å². The molecule has 1 heterocycles. The van der Waals surface area contributed by atoms with Crippen LogP contribution in [0.4, 0.5) is 14.9 Å². The largest absolute Gasteiger partial charge is 0.325 e. The summed E-state index contributed by atoms with van der Waals surface area (Å²) in [6, 6.07) is 11.1. The van der Waals surface area contributed by atoms with Crippen molar-refractivity contribution in [2.75, 3.05) is 12.4 Å². The van der Waals surface area contributed by atoms with Crippen LogP contribution in [0.1, 0.15) is 36.6 Å². The maximum atomic E-state index is 13.4. The normalized spacial score (nSPS) is 16.2. The van der Waals surface area contributed by atoms with Crippen LogP contribution in [0.2, 0.25) is 5.02 Å².